The van der Waals surface area contributed by atoms with Crippen molar-refractivity contribution in [3.63, 3.8) is 0 Å². The minimum absolute atomic E-state index is 0.0225. The topological polar surface area (TPSA) is 73.2 Å². The number of carbonyl (C=O) groups excluding carboxylic acids is 2. The molecule has 0 saturated heterocycles. The van der Waals surface area contributed by atoms with Gasteiger partial charge in [0.05, 0.1) is 34.0 Å². The van der Waals surface area contributed by atoms with E-state index in [-0.39, 0.29) is 11.6 Å². The molecule has 34 heavy (non-hydrogen) atoms. The number of fused-ring (bicyclic) bond motifs is 1. The Morgan fingerprint density at radius 2 is 1.88 bits per heavy atom. The van der Waals surface area contributed by atoms with E-state index in [0.717, 1.165) is 22.2 Å². The van der Waals surface area contributed by atoms with E-state index >= 15 is 0 Å². The predicted molar refractivity (Wildman–Crippen MR) is 132 cm³/mol. The lowest BCUT2D eigenvalue weighted by molar-refractivity contribution is -0.144. The summed E-state index contributed by atoms with van der Waals surface area (Å²) < 4.78 is 20.4. The van der Waals surface area contributed by atoms with E-state index in [1.165, 1.54) is 23.9 Å². The number of imidazole rings is 1. The highest BCUT2D eigenvalue weighted by atomic mass is 35.5. The smallest absolute Gasteiger partial charge is 0.316 e. The summed E-state index contributed by atoms with van der Waals surface area (Å²) in [5, 5.41) is 3.66. The fraction of sp³-hybridized carbons (Fsp3) is 0.160. The SMILES string of the molecule is Cc1ccc(NC(=O)COC(=O)CSc2nc3ccccc3n2Cc2ccc(F)cc2)c(Cl)c1. The van der Waals surface area contributed by atoms with Crippen molar-refractivity contribution in [1.29, 1.82) is 0 Å². The van der Waals surface area contributed by atoms with Crippen LogP contribution in [0.2, 0.25) is 5.02 Å². The van der Waals surface area contributed by atoms with Crippen molar-refractivity contribution in [2.75, 3.05) is 17.7 Å². The number of hydrogen-bond acceptors (Lipinski definition) is 5. The molecule has 0 aliphatic rings. The summed E-state index contributed by atoms with van der Waals surface area (Å²) in [6.07, 6.45) is 0. The molecular formula is C25H21ClFN3O3S. The van der Waals surface area contributed by atoms with Crippen LogP contribution in [0.3, 0.4) is 0 Å². The van der Waals surface area contributed by atoms with Crippen LogP contribution in [0.5, 0.6) is 0 Å². The van der Waals surface area contributed by atoms with Gasteiger partial charge in [-0.25, -0.2) is 9.37 Å². The van der Waals surface area contributed by atoms with Gasteiger partial charge >= 0.3 is 5.97 Å². The second-order valence-electron chi connectivity index (χ2n) is 7.58. The van der Waals surface area contributed by atoms with Gasteiger partial charge in [-0.3, -0.25) is 9.59 Å². The number of hydrogen-bond donors (Lipinski definition) is 1. The first-order chi connectivity index (χ1) is 16.4. The number of carbonyl (C=O) groups is 2. The van der Waals surface area contributed by atoms with Crippen LogP contribution in [0.15, 0.2) is 71.9 Å². The van der Waals surface area contributed by atoms with Gasteiger partial charge in [-0.1, -0.05) is 53.7 Å². The van der Waals surface area contributed by atoms with Gasteiger partial charge in [0.25, 0.3) is 5.91 Å². The summed E-state index contributed by atoms with van der Waals surface area (Å²) in [5.41, 5.74) is 4.02. The number of halogens is 2. The number of nitrogens with zero attached hydrogens (tertiary/aromatic N) is 2. The Morgan fingerprint density at radius 3 is 2.65 bits per heavy atom. The largest absolute Gasteiger partial charge is 0.455 e. The van der Waals surface area contributed by atoms with Crippen molar-refractivity contribution >= 4 is 52.0 Å². The number of amides is 1. The maximum atomic E-state index is 13.3. The zero-order valence-corrected chi connectivity index (χ0v) is 19.8. The number of esters is 1. The highest BCUT2D eigenvalue weighted by Crippen LogP contribution is 2.26. The van der Waals surface area contributed by atoms with E-state index in [2.05, 4.69) is 10.3 Å². The average Bonchev–Trinajstić information content (AvgIpc) is 3.17. The molecule has 6 nitrogen and oxygen atoms in total. The highest BCUT2D eigenvalue weighted by molar-refractivity contribution is 7.99. The van der Waals surface area contributed by atoms with Crippen LogP contribution in [0.1, 0.15) is 11.1 Å². The lowest BCUT2D eigenvalue weighted by Gasteiger charge is -2.10. The van der Waals surface area contributed by atoms with Crippen molar-refractivity contribution in [3.05, 3.63) is 88.7 Å². The number of thioether (sulfide) groups is 1. The summed E-state index contributed by atoms with van der Waals surface area (Å²) in [6.45, 7) is 1.94. The van der Waals surface area contributed by atoms with Crippen molar-refractivity contribution in [2.24, 2.45) is 0 Å². The average molecular weight is 498 g/mol. The molecule has 0 aliphatic heterocycles. The summed E-state index contributed by atoms with van der Waals surface area (Å²) in [6, 6.07) is 19.1. The first kappa shape index (κ1) is 23.8. The van der Waals surface area contributed by atoms with Gasteiger partial charge in [0.2, 0.25) is 0 Å². The van der Waals surface area contributed by atoms with Crippen LogP contribution in [0.4, 0.5) is 10.1 Å². The second kappa shape index (κ2) is 10.7. The molecule has 9 heteroatoms. The van der Waals surface area contributed by atoms with E-state index in [1.54, 1.807) is 24.3 Å². The zero-order valence-electron chi connectivity index (χ0n) is 18.3. The molecule has 0 fully saturated rings. The second-order valence-corrected chi connectivity index (χ2v) is 8.93. The molecule has 4 rings (SSSR count). The quantitative estimate of drug-likeness (QED) is 0.258. The summed E-state index contributed by atoms with van der Waals surface area (Å²) in [7, 11) is 0. The molecule has 0 radical (unpaired) electrons. The van der Waals surface area contributed by atoms with Crippen molar-refractivity contribution < 1.29 is 18.7 Å². The Hall–Kier alpha value is -3.36. The molecule has 1 amide bonds. The zero-order chi connectivity index (χ0) is 24.1. The predicted octanol–water partition coefficient (Wildman–Crippen LogP) is 5.46. The standard InChI is InChI=1S/C25H21ClFN3O3S/c1-16-6-11-20(19(26)12-16)28-23(31)14-33-24(32)15-34-25-29-21-4-2-3-5-22(21)30(25)13-17-7-9-18(27)10-8-17/h2-12H,13-15H2,1H3,(H,28,31). The Balaban J connectivity index is 1.37. The van der Waals surface area contributed by atoms with Crippen LogP contribution in [-0.2, 0) is 20.9 Å². The molecular weight excluding hydrogens is 477 g/mol. The van der Waals surface area contributed by atoms with Gasteiger partial charge in [-0.15, -0.1) is 0 Å². The molecule has 0 bridgehead atoms. The number of aryl methyl sites for hydroxylation is 1. The maximum Gasteiger partial charge on any atom is 0.316 e. The minimum Gasteiger partial charge on any atom is -0.455 e. The molecule has 1 heterocycles. The van der Waals surface area contributed by atoms with Crippen LogP contribution >= 0.6 is 23.4 Å². The van der Waals surface area contributed by atoms with Gasteiger partial charge in [-0.2, -0.15) is 0 Å². The van der Waals surface area contributed by atoms with Crippen LogP contribution in [0.25, 0.3) is 11.0 Å². The monoisotopic (exact) mass is 497 g/mol. The van der Waals surface area contributed by atoms with Crippen molar-refractivity contribution in [1.82, 2.24) is 9.55 Å². The minimum atomic E-state index is -0.546. The van der Waals surface area contributed by atoms with Crippen LogP contribution in [0, 0.1) is 12.7 Å². The van der Waals surface area contributed by atoms with Crippen molar-refractivity contribution in [3.8, 4) is 0 Å². The van der Waals surface area contributed by atoms with Gasteiger partial charge in [0, 0.05) is 0 Å². The fourth-order valence-corrected chi connectivity index (χ4v) is 4.40. The van der Waals surface area contributed by atoms with E-state index in [4.69, 9.17) is 16.3 Å². The third-order valence-electron chi connectivity index (χ3n) is 4.96. The third-order valence-corrected chi connectivity index (χ3v) is 6.22. The number of benzene rings is 3. The van der Waals surface area contributed by atoms with E-state index < -0.39 is 18.5 Å². The van der Waals surface area contributed by atoms with Gasteiger partial charge in [0.1, 0.15) is 5.82 Å². The highest BCUT2D eigenvalue weighted by Gasteiger charge is 2.15. The van der Waals surface area contributed by atoms with E-state index in [1.807, 2.05) is 41.8 Å². The lowest BCUT2D eigenvalue weighted by Crippen LogP contribution is -2.21. The Labute approximate surface area is 205 Å². The fourth-order valence-electron chi connectivity index (χ4n) is 3.31. The molecule has 174 valence electrons. The Kier molecular flexibility index (Phi) is 7.49. The summed E-state index contributed by atoms with van der Waals surface area (Å²) in [4.78, 5) is 29.0. The lowest BCUT2D eigenvalue weighted by atomic mass is 10.2. The molecule has 4 aromatic rings. The molecule has 0 atom stereocenters. The van der Waals surface area contributed by atoms with Gasteiger partial charge in [0.15, 0.2) is 11.8 Å². The summed E-state index contributed by atoms with van der Waals surface area (Å²) in [5.74, 6) is -1.35. The normalized spacial score (nSPS) is 10.9. The van der Waals surface area contributed by atoms with Crippen LogP contribution < -0.4 is 5.32 Å². The van der Waals surface area contributed by atoms with E-state index in [0.29, 0.717) is 22.4 Å². The third kappa shape index (κ3) is 5.95. The first-order valence-corrected chi connectivity index (χ1v) is 11.8. The number of ether oxygens (including phenoxy) is 1. The number of para-hydroxylation sites is 2. The molecule has 3 aromatic carbocycles. The van der Waals surface area contributed by atoms with Crippen LogP contribution in [-0.4, -0.2) is 33.8 Å². The number of rotatable bonds is 8. The Morgan fingerprint density at radius 1 is 1.12 bits per heavy atom. The summed E-state index contributed by atoms with van der Waals surface area (Å²) >= 11 is 7.33. The Bertz CT molecular complexity index is 1340. The molecule has 0 aliphatic carbocycles. The van der Waals surface area contributed by atoms with E-state index in [9.17, 15) is 14.0 Å². The molecule has 0 saturated carbocycles. The van der Waals surface area contributed by atoms with Crippen molar-refractivity contribution in [2.45, 2.75) is 18.6 Å². The molecule has 1 aromatic heterocycles. The first-order valence-electron chi connectivity index (χ1n) is 10.4. The molecule has 0 unspecified atom stereocenters. The van der Waals surface area contributed by atoms with Gasteiger partial charge in [-0.05, 0) is 54.4 Å². The maximum absolute atomic E-state index is 13.3. The molecule has 0 spiro atoms. The number of nitrogens with one attached hydrogen (secondary N) is 1. The number of aromatic nitrogens is 2. The van der Waals surface area contributed by atoms with Gasteiger partial charge < -0.3 is 14.6 Å². The number of anilines is 1. The molecule has 1 N–H and O–H groups in total.